The van der Waals surface area contributed by atoms with Crippen molar-refractivity contribution in [3.8, 4) is 11.3 Å². The number of fused-ring (bicyclic) bond motifs is 2. The van der Waals surface area contributed by atoms with Crippen LogP contribution in [-0.4, -0.2) is 52.0 Å². The average Bonchev–Trinajstić information content (AvgIpc) is 3.72. The van der Waals surface area contributed by atoms with Crippen LogP contribution in [0, 0.1) is 5.82 Å². The SMILES string of the molecule is CN1CCCC1c1nc(Nc2ccc(-c3cnc4cc(F)ccn34)c3c2C(=O)NC3)ccc1C1CCOC1. The molecule has 7 rings (SSSR count). The number of halogens is 1. The van der Waals surface area contributed by atoms with E-state index in [1.54, 1.807) is 12.4 Å². The molecule has 3 aliphatic heterocycles. The third-order valence-electron chi connectivity index (χ3n) is 8.14. The number of hydrogen-bond acceptors (Lipinski definition) is 6. The van der Waals surface area contributed by atoms with Gasteiger partial charge in [0.05, 0.1) is 41.5 Å². The number of carbonyl (C=O) groups is 1. The van der Waals surface area contributed by atoms with Crippen LogP contribution in [0.2, 0.25) is 0 Å². The molecule has 9 heteroatoms. The number of anilines is 2. The first-order valence-corrected chi connectivity index (χ1v) is 13.2. The molecule has 2 unspecified atom stereocenters. The zero-order valence-corrected chi connectivity index (χ0v) is 21.2. The summed E-state index contributed by atoms with van der Waals surface area (Å²) >= 11 is 0. The van der Waals surface area contributed by atoms with Crippen LogP contribution in [0.5, 0.6) is 0 Å². The second-order valence-electron chi connectivity index (χ2n) is 10.4. The predicted molar refractivity (Wildman–Crippen MR) is 142 cm³/mol. The molecule has 2 saturated heterocycles. The van der Waals surface area contributed by atoms with Gasteiger partial charge in [-0.05, 0) is 62.2 Å². The summed E-state index contributed by atoms with van der Waals surface area (Å²) in [5.74, 6) is 0.634. The molecule has 0 bridgehead atoms. The summed E-state index contributed by atoms with van der Waals surface area (Å²) in [6.45, 7) is 3.01. The highest BCUT2D eigenvalue weighted by Crippen LogP contribution is 2.39. The van der Waals surface area contributed by atoms with E-state index in [1.165, 1.54) is 17.7 Å². The number of pyridine rings is 2. The van der Waals surface area contributed by atoms with Crippen molar-refractivity contribution in [2.24, 2.45) is 0 Å². The van der Waals surface area contributed by atoms with E-state index in [-0.39, 0.29) is 17.8 Å². The van der Waals surface area contributed by atoms with Gasteiger partial charge in [-0.15, -0.1) is 0 Å². The number of benzene rings is 1. The highest BCUT2D eigenvalue weighted by molar-refractivity contribution is 6.06. The van der Waals surface area contributed by atoms with E-state index in [0.29, 0.717) is 29.4 Å². The predicted octanol–water partition coefficient (Wildman–Crippen LogP) is 4.79. The molecule has 2 atom stereocenters. The van der Waals surface area contributed by atoms with Gasteiger partial charge in [0.1, 0.15) is 17.3 Å². The number of hydrogen-bond donors (Lipinski definition) is 2. The maximum atomic E-state index is 13.7. The fourth-order valence-electron chi connectivity index (χ4n) is 6.19. The van der Waals surface area contributed by atoms with Crippen molar-refractivity contribution in [1.82, 2.24) is 24.6 Å². The molecule has 4 aromatic rings. The van der Waals surface area contributed by atoms with Crippen LogP contribution in [0.25, 0.3) is 16.9 Å². The first kappa shape index (κ1) is 23.3. The van der Waals surface area contributed by atoms with E-state index in [4.69, 9.17) is 9.72 Å². The largest absolute Gasteiger partial charge is 0.381 e. The number of nitrogens with one attached hydrogen (secondary N) is 2. The molecule has 6 heterocycles. The average molecular weight is 513 g/mol. The molecule has 194 valence electrons. The Kier molecular flexibility index (Phi) is 5.63. The molecule has 1 aromatic carbocycles. The van der Waals surface area contributed by atoms with Gasteiger partial charge in [0.15, 0.2) is 0 Å². The molecule has 1 amide bonds. The summed E-state index contributed by atoms with van der Waals surface area (Å²) in [4.78, 5) is 24.9. The molecule has 2 fully saturated rings. The van der Waals surface area contributed by atoms with Gasteiger partial charge >= 0.3 is 0 Å². The molecule has 3 aromatic heterocycles. The van der Waals surface area contributed by atoms with Crippen LogP contribution >= 0.6 is 0 Å². The summed E-state index contributed by atoms with van der Waals surface area (Å²) in [5.41, 5.74) is 6.82. The molecule has 0 spiro atoms. The quantitative estimate of drug-likeness (QED) is 0.400. The van der Waals surface area contributed by atoms with Crippen molar-refractivity contribution >= 4 is 23.1 Å². The van der Waals surface area contributed by atoms with Crippen molar-refractivity contribution in [3.05, 3.63) is 77.0 Å². The number of carbonyl (C=O) groups excluding carboxylic acids is 1. The lowest BCUT2D eigenvalue weighted by molar-refractivity contribution is 0.0966. The molecule has 38 heavy (non-hydrogen) atoms. The van der Waals surface area contributed by atoms with Gasteiger partial charge in [0.25, 0.3) is 5.91 Å². The van der Waals surface area contributed by atoms with Crippen LogP contribution < -0.4 is 10.6 Å². The molecular weight excluding hydrogens is 483 g/mol. The Morgan fingerprint density at radius 3 is 2.92 bits per heavy atom. The molecule has 0 saturated carbocycles. The van der Waals surface area contributed by atoms with Crippen molar-refractivity contribution in [2.45, 2.75) is 37.8 Å². The lowest BCUT2D eigenvalue weighted by Crippen LogP contribution is -2.21. The lowest BCUT2D eigenvalue weighted by atomic mass is 9.93. The fourth-order valence-corrected chi connectivity index (χ4v) is 6.19. The smallest absolute Gasteiger partial charge is 0.254 e. The van der Waals surface area contributed by atoms with Gasteiger partial charge < -0.3 is 15.4 Å². The fraction of sp³-hybridized carbons (Fsp3) is 0.345. The molecule has 0 aliphatic carbocycles. The maximum absolute atomic E-state index is 13.7. The second-order valence-corrected chi connectivity index (χ2v) is 10.4. The highest BCUT2D eigenvalue weighted by atomic mass is 19.1. The number of likely N-dealkylation sites (tertiary alicyclic amines) is 1. The molecule has 2 N–H and O–H groups in total. The zero-order chi connectivity index (χ0) is 25.8. The van der Waals surface area contributed by atoms with Crippen LogP contribution in [0.3, 0.4) is 0 Å². The Balaban J connectivity index is 1.27. The van der Waals surface area contributed by atoms with E-state index in [1.807, 2.05) is 22.6 Å². The van der Waals surface area contributed by atoms with Gasteiger partial charge in [0, 0.05) is 36.9 Å². The number of rotatable bonds is 5. The summed E-state index contributed by atoms with van der Waals surface area (Å²) in [6, 6.07) is 11.2. The third kappa shape index (κ3) is 3.85. The maximum Gasteiger partial charge on any atom is 0.254 e. The number of imidazole rings is 1. The zero-order valence-electron chi connectivity index (χ0n) is 21.2. The summed E-state index contributed by atoms with van der Waals surface area (Å²) in [7, 11) is 2.17. The van der Waals surface area contributed by atoms with Crippen LogP contribution in [0.4, 0.5) is 15.9 Å². The Morgan fingerprint density at radius 2 is 2.11 bits per heavy atom. The summed E-state index contributed by atoms with van der Waals surface area (Å²) < 4.78 is 21.2. The van der Waals surface area contributed by atoms with Gasteiger partial charge in [-0.2, -0.15) is 0 Å². The lowest BCUT2D eigenvalue weighted by Gasteiger charge is -2.24. The van der Waals surface area contributed by atoms with Crippen LogP contribution in [0.1, 0.15) is 58.4 Å². The van der Waals surface area contributed by atoms with Gasteiger partial charge in [-0.3, -0.25) is 14.1 Å². The van der Waals surface area contributed by atoms with E-state index < -0.39 is 0 Å². The number of amides is 1. The van der Waals surface area contributed by atoms with E-state index >= 15 is 0 Å². The van der Waals surface area contributed by atoms with E-state index in [0.717, 1.165) is 67.4 Å². The first-order valence-electron chi connectivity index (χ1n) is 13.2. The van der Waals surface area contributed by atoms with Crippen molar-refractivity contribution in [1.29, 1.82) is 0 Å². The minimum absolute atomic E-state index is 0.125. The van der Waals surface area contributed by atoms with Gasteiger partial charge in [-0.1, -0.05) is 12.1 Å². The van der Waals surface area contributed by atoms with Crippen LogP contribution in [0.15, 0.2) is 48.8 Å². The summed E-state index contributed by atoms with van der Waals surface area (Å²) in [6.07, 6.45) is 6.65. The molecular formula is C29H29FN6O2. The summed E-state index contributed by atoms with van der Waals surface area (Å²) in [5, 5.41) is 6.42. The Labute approximate surface area is 219 Å². The minimum atomic E-state index is -0.335. The molecule has 3 aliphatic rings. The van der Waals surface area contributed by atoms with Crippen LogP contribution in [-0.2, 0) is 11.3 Å². The minimum Gasteiger partial charge on any atom is -0.381 e. The third-order valence-corrected chi connectivity index (χ3v) is 8.14. The Morgan fingerprint density at radius 1 is 1.18 bits per heavy atom. The topological polar surface area (TPSA) is 83.8 Å². The van der Waals surface area contributed by atoms with Crippen molar-refractivity contribution in [3.63, 3.8) is 0 Å². The number of ether oxygens (including phenoxy) is 1. The number of aromatic nitrogens is 3. The van der Waals surface area contributed by atoms with Crippen molar-refractivity contribution in [2.75, 3.05) is 32.1 Å². The van der Waals surface area contributed by atoms with E-state index in [2.05, 4.69) is 33.6 Å². The van der Waals surface area contributed by atoms with E-state index in [9.17, 15) is 9.18 Å². The Hall–Kier alpha value is -3.82. The normalized spacial score (nSPS) is 21.3. The highest BCUT2D eigenvalue weighted by Gasteiger charge is 2.31. The molecule has 8 nitrogen and oxygen atoms in total. The monoisotopic (exact) mass is 512 g/mol. The number of nitrogens with zero attached hydrogens (tertiary/aromatic N) is 4. The Bertz CT molecular complexity index is 1560. The second kappa shape index (κ2) is 9.18. The molecule has 0 radical (unpaired) electrons. The van der Waals surface area contributed by atoms with Gasteiger partial charge in [-0.25, -0.2) is 14.4 Å². The first-order chi connectivity index (χ1) is 18.6. The standard InChI is InChI=1S/C29H29FN6O2/c1-35-10-2-3-23(35)28-19(17-9-12-38-16-17)5-7-25(34-28)33-22-6-4-20(21-14-32-29(37)27(21)22)24-15-31-26-13-18(30)8-11-36(24)26/h4-8,11,13,15,17,23H,2-3,9-10,12,14,16H2,1H3,(H,32,37)(H,33,34). The van der Waals surface area contributed by atoms with Gasteiger partial charge in [0.2, 0.25) is 0 Å². The van der Waals surface area contributed by atoms with Crippen molar-refractivity contribution < 1.29 is 13.9 Å².